The van der Waals surface area contributed by atoms with Crippen molar-refractivity contribution in [2.24, 2.45) is 0 Å². The van der Waals surface area contributed by atoms with E-state index < -0.39 is 23.0 Å². The van der Waals surface area contributed by atoms with Crippen molar-refractivity contribution in [1.82, 2.24) is 5.32 Å². The van der Waals surface area contributed by atoms with Gasteiger partial charge in [-0.2, -0.15) is 11.3 Å². The Morgan fingerprint density at radius 3 is 2.22 bits per heavy atom. The zero-order valence-electron chi connectivity index (χ0n) is 26.8. The van der Waals surface area contributed by atoms with Crippen LogP contribution >= 0.6 is 23.1 Å². The molecule has 8 nitrogen and oxygen atoms in total. The number of esters is 1. The minimum absolute atomic E-state index is 0.0899. The van der Waals surface area contributed by atoms with Gasteiger partial charge < -0.3 is 20.7 Å². The highest BCUT2D eigenvalue weighted by Gasteiger charge is 2.23. The summed E-state index contributed by atoms with van der Waals surface area (Å²) in [6.45, 7) is 2.39. The van der Waals surface area contributed by atoms with Crippen LogP contribution in [0.1, 0.15) is 56.9 Å². The van der Waals surface area contributed by atoms with Crippen LogP contribution in [0.5, 0.6) is 0 Å². The third kappa shape index (κ3) is 10.3. The minimum Gasteiger partial charge on any atom is -0.462 e. The molecule has 1 heterocycles. The van der Waals surface area contributed by atoms with E-state index in [1.807, 2.05) is 66.2 Å². The van der Waals surface area contributed by atoms with E-state index in [0.717, 1.165) is 28.9 Å². The first kappa shape index (κ1) is 34.9. The van der Waals surface area contributed by atoms with Gasteiger partial charge in [-0.3, -0.25) is 14.4 Å². The van der Waals surface area contributed by atoms with E-state index in [0.29, 0.717) is 29.1 Å². The Morgan fingerprint density at radius 2 is 1.53 bits per heavy atom. The van der Waals surface area contributed by atoms with Gasteiger partial charge in [0.05, 0.1) is 12.2 Å². The molecule has 5 rings (SSSR count). The van der Waals surface area contributed by atoms with Gasteiger partial charge in [0.25, 0.3) is 11.8 Å². The van der Waals surface area contributed by atoms with Crippen LogP contribution in [0.4, 0.5) is 11.4 Å². The summed E-state index contributed by atoms with van der Waals surface area (Å²) in [5.74, 6) is -1.55. The third-order valence-corrected chi connectivity index (χ3v) is 9.14. The molecule has 0 aliphatic rings. The molecule has 0 radical (unpaired) electrons. The van der Waals surface area contributed by atoms with Gasteiger partial charge in [0.1, 0.15) is 10.9 Å². The topological polar surface area (TPSA) is 114 Å². The molecule has 0 fully saturated rings. The number of amides is 3. The number of ether oxygens (including phenoxy) is 1. The Balaban J connectivity index is 1.30. The van der Waals surface area contributed by atoms with E-state index >= 15 is 0 Å². The van der Waals surface area contributed by atoms with Crippen LogP contribution in [0.2, 0.25) is 0 Å². The summed E-state index contributed by atoms with van der Waals surface area (Å²) >= 11 is 2.81. The highest BCUT2D eigenvalue weighted by Crippen LogP contribution is 2.37. The zero-order valence-corrected chi connectivity index (χ0v) is 28.4. The van der Waals surface area contributed by atoms with Crippen LogP contribution in [-0.4, -0.2) is 30.3 Å². The molecule has 0 saturated heterocycles. The number of unbranched alkanes of at least 4 members (excludes halogenated alkanes) is 1. The van der Waals surface area contributed by atoms with Crippen molar-refractivity contribution in [3.63, 3.8) is 0 Å². The number of hydrogen-bond acceptors (Lipinski definition) is 7. The Labute approximate surface area is 293 Å². The van der Waals surface area contributed by atoms with Crippen LogP contribution in [0, 0.1) is 0 Å². The lowest BCUT2D eigenvalue weighted by atomic mass is 10.1. The second-order valence-electron chi connectivity index (χ2n) is 10.9. The molecule has 3 N–H and O–H groups in total. The normalized spacial score (nSPS) is 11.7. The summed E-state index contributed by atoms with van der Waals surface area (Å²) in [4.78, 5) is 53.2. The lowest BCUT2D eigenvalue weighted by Gasteiger charge is -2.18. The van der Waals surface area contributed by atoms with E-state index in [2.05, 4.69) is 16.0 Å². The summed E-state index contributed by atoms with van der Waals surface area (Å²) in [7, 11) is 0. The summed E-state index contributed by atoms with van der Waals surface area (Å²) in [5.41, 5.74) is 3.54. The highest BCUT2D eigenvalue weighted by molar-refractivity contribution is 8.00. The largest absolute Gasteiger partial charge is 0.462 e. The lowest BCUT2D eigenvalue weighted by Crippen LogP contribution is -2.30. The smallest absolute Gasteiger partial charge is 0.338 e. The third-order valence-electron chi connectivity index (χ3n) is 7.19. The monoisotopic (exact) mass is 689 g/mol. The number of carbonyl (C=O) groups is 4. The Kier molecular flexibility index (Phi) is 12.5. The number of anilines is 2. The van der Waals surface area contributed by atoms with E-state index in [4.69, 9.17) is 4.74 Å². The second kappa shape index (κ2) is 17.6. The van der Waals surface area contributed by atoms with Crippen LogP contribution in [0.25, 0.3) is 6.08 Å². The first-order chi connectivity index (χ1) is 23.9. The van der Waals surface area contributed by atoms with Crippen molar-refractivity contribution in [2.75, 3.05) is 17.2 Å². The Morgan fingerprint density at radius 1 is 0.796 bits per heavy atom. The van der Waals surface area contributed by atoms with E-state index in [-0.39, 0.29) is 11.6 Å². The number of hydrogen-bond donors (Lipinski definition) is 3. The summed E-state index contributed by atoms with van der Waals surface area (Å²) < 4.78 is 5.28. The molecule has 248 valence electrons. The highest BCUT2D eigenvalue weighted by atomic mass is 32.2. The van der Waals surface area contributed by atoms with Gasteiger partial charge in [-0.15, -0.1) is 11.8 Å². The molecule has 0 bridgehead atoms. The number of thioether (sulfide) groups is 1. The number of rotatable bonds is 14. The van der Waals surface area contributed by atoms with Crippen LogP contribution in [0.3, 0.4) is 0 Å². The maximum atomic E-state index is 13.7. The van der Waals surface area contributed by atoms with Gasteiger partial charge in [0, 0.05) is 21.8 Å². The summed E-state index contributed by atoms with van der Waals surface area (Å²) in [6, 6.07) is 33.7. The predicted octanol–water partition coefficient (Wildman–Crippen LogP) is 8.59. The standard InChI is InChI=1S/C39H35N3O5S2/c1-2-3-22-47-39(46)30-17-19-31(20-18-30)40-38(45)35(28-11-6-4-7-12-28)49-33-16-10-15-32(25-33)41-37(44)34(24-27-21-23-48-26-27)42-36(43)29-13-8-5-9-14-29/h4-21,23-26,35H,2-3,22H2,1H3,(H,40,45)(H,41,44)(H,42,43)/b34-24-. The molecule has 10 heteroatoms. The van der Waals surface area contributed by atoms with E-state index in [1.54, 1.807) is 72.8 Å². The zero-order chi connectivity index (χ0) is 34.4. The van der Waals surface area contributed by atoms with E-state index in [1.165, 1.54) is 23.1 Å². The van der Waals surface area contributed by atoms with Gasteiger partial charge >= 0.3 is 5.97 Å². The molecule has 0 aliphatic carbocycles. The molecule has 1 atom stereocenters. The number of carbonyl (C=O) groups excluding carboxylic acids is 4. The number of benzene rings is 4. The summed E-state index contributed by atoms with van der Waals surface area (Å²) in [5, 5.41) is 11.7. The first-order valence-corrected chi connectivity index (χ1v) is 17.5. The fourth-order valence-corrected chi connectivity index (χ4v) is 6.34. The average molecular weight is 690 g/mol. The molecule has 49 heavy (non-hydrogen) atoms. The van der Waals surface area contributed by atoms with E-state index in [9.17, 15) is 19.2 Å². The number of thiophene rings is 1. The maximum Gasteiger partial charge on any atom is 0.338 e. The van der Waals surface area contributed by atoms with Gasteiger partial charge in [-0.25, -0.2) is 4.79 Å². The lowest BCUT2D eigenvalue weighted by molar-refractivity contribution is -0.116. The van der Waals surface area contributed by atoms with Crippen molar-refractivity contribution in [1.29, 1.82) is 0 Å². The maximum absolute atomic E-state index is 13.7. The molecule has 3 amide bonds. The molecule has 4 aromatic carbocycles. The molecule has 1 unspecified atom stereocenters. The van der Waals surface area contributed by atoms with Crippen LogP contribution in [-0.2, 0) is 14.3 Å². The predicted molar refractivity (Wildman–Crippen MR) is 197 cm³/mol. The van der Waals surface area contributed by atoms with Crippen LogP contribution < -0.4 is 16.0 Å². The van der Waals surface area contributed by atoms with Crippen molar-refractivity contribution in [3.05, 3.63) is 154 Å². The minimum atomic E-state index is -0.634. The van der Waals surface area contributed by atoms with Crippen molar-refractivity contribution < 1.29 is 23.9 Å². The molecule has 0 spiro atoms. The average Bonchev–Trinajstić information content (AvgIpc) is 3.65. The molecule has 0 saturated carbocycles. The van der Waals surface area contributed by atoms with Crippen molar-refractivity contribution in [3.8, 4) is 0 Å². The van der Waals surface area contributed by atoms with Crippen LogP contribution in [0.15, 0.2) is 137 Å². The Hall–Kier alpha value is -5.45. The van der Waals surface area contributed by atoms with Gasteiger partial charge in [0.2, 0.25) is 5.91 Å². The van der Waals surface area contributed by atoms with Crippen molar-refractivity contribution >= 4 is 64.2 Å². The van der Waals surface area contributed by atoms with Crippen molar-refractivity contribution in [2.45, 2.75) is 29.9 Å². The molecule has 0 aliphatic heterocycles. The second-order valence-corrected chi connectivity index (χ2v) is 12.8. The SMILES string of the molecule is CCCCOC(=O)c1ccc(NC(=O)C(Sc2cccc(NC(=O)/C(=C/c3ccsc3)NC(=O)c3ccccc3)c2)c2ccccc2)cc1. The quantitative estimate of drug-likeness (QED) is 0.0466. The molecular formula is C39H35N3O5S2. The molecule has 1 aromatic heterocycles. The molecular weight excluding hydrogens is 655 g/mol. The van der Waals surface area contributed by atoms with Gasteiger partial charge in [-0.1, -0.05) is 67.9 Å². The fraction of sp³-hybridized carbons (Fsp3) is 0.128. The fourth-order valence-electron chi connectivity index (χ4n) is 4.64. The first-order valence-electron chi connectivity index (χ1n) is 15.7. The number of nitrogens with one attached hydrogen (secondary N) is 3. The Bertz CT molecular complexity index is 1890. The summed E-state index contributed by atoms with van der Waals surface area (Å²) in [6.07, 6.45) is 3.36. The van der Waals surface area contributed by atoms with Gasteiger partial charge in [-0.05, 0) is 95.0 Å². The van der Waals surface area contributed by atoms with Gasteiger partial charge in [0.15, 0.2) is 0 Å². The molecule has 5 aromatic rings.